The van der Waals surface area contributed by atoms with Crippen LogP contribution in [0, 0.1) is 5.41 Å². The van der Waals surface area contributed by atoms with Crippen molar-refractivity contribution in [1.29, 1.82) is 0 Å². The highest BCUT2D eigenvalue weighted by Gasteiger charge is 2.20. The van der Waals surface area contributed by atoms with Gasteiger partial charge in [0.15, 0.2) is 0 Å². The molecule has 0 fully saturated rings. The van der Waals surface area contributed by atoms with Crippen LogP contribution in [0.3, 0.4) is 0 Å². The lowest BCUT2D eigenvalue weighted by atomic mass is 9.96. The third-order valence-corrected chi connectivity index (χ3v) is 5.52. The van der Waals surface area contributed by atoms with Crippen molar-refractivity contribution in [2.24, 2.45) is 5.41 Å². The molecule has 0 atom stereocenters. The maximum Gasteiger partial charge on any atom is 0.261 e. The minimum Gasteiger partial charge on any atom is -0.351 e. The van der Waals surface area contributed by atoms with E-state index in [1.165, 1.54) is 29.7 Å². The van der Waals surface area contributed by atoms with E-state index in [2.05, 4.69) is 25.2 Å². The number of thiophene rings is 1. The van der Waals surface area contributed by atoms with E-state index in [9.17, 15) is 4.79 Å². The second-order valence-corrected chi connectivity index (χ2v) is 7.50. The molecule has 0 saturated heterocycles. The molecule has 19 heavy (non-hydrogen) atoms. The van der Waals surface area contributed by atoms with Crippen molar-refractivity contribution >= 4 is 28.8 Å². The van der Waals surface area contributed by atoms with Crippen molar-refractivity contribution in [1.82, 2.24) is 5.32 Å². The van der Waals surface area contributed by atoms with E-state index in [4.69, 9.17) is 11.6 Å². The Labute approximate surface area is 124 Å². The van der Waals surface area contributed by atoms with E-state index in [0.29, 0.717) is 12.4 Å². The van der Waals surface area contributed by atoms with Gasteiger partial charge in [-0.1, -0.05) is 20.3 Å². The Morgan fingerprint density at radius 1 is 1.37 bits per heavy atom. The molecule has 1 aliphatic rings. The summed E-state index contributed by atoms with van der Waals surface area (Å²) in [4.78, 5) is 14.4. The molecule has 2 nitrogen and oxygen atoms in total. The summed E-state index contributed by atoms with van der Waals surface area (Å²) in [5.41, 5.74) is 1.34. The zero-order valence-corrected chi connectivity index (χ0v) is 13.3. The van der Waals surface area contributed by atoms with E-state index in [1.54, 1.807) is 11.3 Å². The van der Waals surface area contributed by atoms with Gasteiger partial charge in [0.05, 0.1) is 4.88 Å². The highest BCUT2D eigenvalue weighted by molar-refractivity contribution is 7.14. The number of carbonyl (C=O) groups is 1. The predicted octanol–water partition coefficient (Wildman–Crippen LogP) is 4.01. The SMILES string of the molecule is CC(C)(CCl)CNC(=O)c1cc2c(s1)CCCCC2. The topological polar surface area (TPSA) is 29.1 Å². The van der Waals surface area contributed by atoms with Crippen molar-refractivity contribution in [3.63, 3.8) is 0 Å². The van der Waals surface area contributed by atoms with Crippen LogP contribution in [0.4, 0.5) is 0 Å². The van der Waals surface area contributed by atoms with Crippen LogP contribution in [0.15, 0.2) is 6.07 Å². The summed E-state index contributed by atoms with van der Waals surface area (Å²) >= 11 is 7.54. The first-order chi connectivity index (χ1) is 9.02. The lowest BCUT2D eigenvalue weighted by Crippen LogP contribution is -2.34. The number of rotatable bonds is 4. The molecule has 1 aromatic rings. The molecule has 0 saturated carbocycles. The fraction of sp³-hybridized carbons (Fsp3) is 0.667. The largest absolute Gasteiger partial charge is 0.351 e. The van der Waals surface area contributed by atoms with Gasteiger partial charge in [0.2, 0.25) is 0 Å². The third-order valence-electron chi connectivity index (χ3n) is 3.56. The van der Waals surface area contributed by atoms with Crippen molar-refractivity contribution < 1.29 is 4.79 Å². The molecular weight excluding hydrogens is 278 g/mol. The van der Waals surface area contributed by atoms with Crippen LogP contribution in [-0.4, -0.2) is 18.3 Å². The number of amides is 1. The average Bonchev–Trinajstić information content (AvgIpc) is 2.68. The van der Waals surface area contributed by atoms with Crippen LogP contribution in [0.25, 0.3) is 0 Å². The Morgan fingerprint density at radius 3 is 2.84 bits per heavy atom. The van der Waals surface area contributed by atoms with Gasteiger partial charge >= 0.3 is 0 Å². The molecule has 1 N–H and O–H groups in total. The number of aryl methyl sites for hydroxylation is 2. The van der Waals surface area contributed by atoms with Gasteiger partial charge in [-0.15, -0.1) is 22.9 Å². The molecule has 0 spiro atoms. The van der Waals surface area contributed by atoms with E-state index < -0.39 is 0 Å². The molecule has 0 aliphatic heterocycles. The molecule has 1 amide bonds. The zero-order chi connectivity index (χ0) is 13.9. The molecular formula is C15H22ClNOS. The first kappa shape index (κ1) is 14.9. The summed E-state index contributed by atoms with van der Waals surface area (Å²) in [6.07, 6.45) is 6.09. The molecule has 0 radical (unpaired) electrons. The van der Waals surface area contributed by atoms with Gasteiger partial charge in [-0.25, -0.2) is 0 Å². The smallest absolute Gasteiger partial charge is 0.261 e. The Kier molecular flexibility index (Phi) is 4.91. The normalized spacial score (nSPS) is 15.7. The van der Waals surface area contributed by atoms with Crippen LogP contribution in [0.1, 0.15) is 53.2 Å². The molecule has 4 heteroatoms. The van der Waals surface area contributed by atoms with E-state index in [1.807, 2.05) is 0 Å². The maximum atomic E-state index is 12.2. The van der Waals surface area contributed by atoms with Gasteiger partial charge in [0, 0.05) is 17.3 Å². The molecule has 0 bridgehead atoms. The van der Waals surface area contributed by atoms with E-state index in [-0.39, 0.29) is 11.3 Å². The number of hydrogen-bond donors (Lipinski definition) is 1. The molecule has 1 aliphatic carbocycles. The number of hydrogen-bond acceptors (Lipinski definition) is 2. The summed E-state index contributed by atoms with van der Waals surface area (Å²) < 4.78 is 0. The van der Waals surface area contributed by atoms with Crippen LogP contribution in [0.2, 0.25) is 0 Å². The molecule has 1 heterocycles. The van der Waals surface area contributed by atoms with Gasteiger partial charge in [-0.05, 0) is 42.7 Å². The van der Waals surface area contributed by atoms with Gasteiger partial charge in [0.25, 0.3) is 5.91 Å². The zero-order valence-electron chi connectivity index (χ0n) is 11.7. The second kappa shape index (κ2) is 6.27. The minimum atomic E-state index is -0.0500. The van der Waals surface area contributed by atoms with Crippen molar-refractivity contribution in [2.75, 3.05) is 12.4 Å². The lowest BCUT2D eigenvalue weighted by Gasteiger charge is -2.21. The van der Waals surface area contributed by atoms with Crippen LogP contribution in [0.5, 0.6) is 0 Å². The first-order valence-electron chi connectivity index (χ1n) is 6.97. The molecule has 0 aromatic carbocycles. The van der Waals surface area contributed by atoms with Crippen molar-refractivity contribution in [2.45, 2.75) is 46.0 Å². The van der Waals surface area contributed by atoms with Gasteiger partial charge in [-0.2, -0.15) is 0 Å². The number of carbonyl (C=O) groups excluding carboxylic acids is 1. The standard InChI is InChI=1S/C15H22ClNOS/c1-15(2,9-16)10-17-14(18)13-8-11-6-4-3-5-7-12(11)19-13/h8H,3-7,9-10H2,1-2H3,(H,17,18). The summed E-state index contributed by atoms with van der Waals surface area (Å²) in [5, 5.41) is 3.00. The highest BCUT2D eigenvalue weighted by atomic mass is 35.5. The molecule has 1 aromatic heterocycles. The lowest BCUT2D eigenvalue weighted by molar-refractivity contribution is 0.0944. The van der Waals surface area contributed by atoms with Gasteiger partial charge in [0.1, 0.15) is 0 Å². The number of nitrogens with one attached hydrogen (secondary N) is 1. The summed E-state index contributed by atoms with van der Waals surface area (Å²) in [5.74, 6) is 0.602. The third kappa shape index (κ3) is 3.96. The highest BCUT2D eigenvalue weighted by Crippen LogP contribution is 2.29. The van der Waals surface area contributed by atoms with E-state index >= 15 is 0 Å². The van der Waals surface area contributed by atoms with Crippen molar-refractivity contribution in [3.8, 4) is 0 Å². The fourth-order valence-corrected chi connectivity index (χ4v) is 3.50. The number of fused-ring (bicyclic) bond motifs is 1. The van der Waals surface area contributed by atoms with Crippen LogP contribution < -0.4 is 5.32 Å². The maximum absolute atomic E-state index is 12.2. The number of halogens is 1. The van der Waals surface area contributed by atoms with Crippen LogP contribution >= 0.6 is 22.9 Å². The summed E-state index contributed by atoms with van der Waals surface area (Å²) in [7, 11) is 0. The summed E-state index contributed by atoms with van der Waals surface area (Å²) in [6, 6.07) is 2.09. The quantitative estimate of drug-likeness (QED) is 0.660. The fourth-order valence-electron chi connectivity index (χ4n) is 2.23. The summed E-state index contributed by atoms with van der Waals surface area (Å²) in [6.45, 7) is 4.74. The second-order valence-electron chi connectivity index (χ2n) is 6.10. The Morgan fingerprint density at radius 2 is 2.11 bits per heavy atom. The molecule has 2 rings (SSSR count). The van der Waals surface area contributed by atoms with Gasteiger partial charge < -0.3 is 5.32 Å². The van der Waals surface area contributed by atoms with Crippen molar-refractivity contribution in [3.05, 3.63) is 21.4 Å². The predicted molar refractivity (Wildman–Crippen MR) is 82.4 cm³/mol. The first-order valence-corrected chi connectivity index (χ1v) is 8.33. The molecule has 106 valence electrons. The Balaban J connectivity index is 2.00. The average molecular weight is 300 g/mol. The number of alkyl halides is 1. The van der Waals surface area contributed by atoms with Crippen LogP contribution in [-0.2, 0) is 12.8 Å². The Bertz CT molecular complexity index is 429. The van der Waals surface area contributed by atoms with E-state index in [0.717, 1.165) is 17.7 Å². The minimum absolute atomic E-state index is 0.0500. The Hall–Kier alpha value is -0.540. The van der Waals surface area contributed by atoms with Gasteiger partial charge in [-0.3, -0.25) is 4.79 Å². The molecule has 0 unspecified atom stereocenters. The monoisotopic (exact) mass is 299 g/mol.